The summed E-state index contributed by atoms with van der Waals surface area (Å²) in [5.74, 6) is 1.73. The van der Waals surface area contributed by atoms with Crippen LogP contribution in [0.25, 0.3) is 0 Å². The van der Waals surface area contributed by atoms with Crippen LogP contribution in [0.1, 0.15) is 12.0 Å². The molecular weight excluding hydrogens is 407 g/mol. The maximum Gasteiger partial charge on any atom is 0.204 e. The van der Waals surface area contributed by atoms with Gasteiger partial charge in [-0.15, -0.1) is 14.3 Å². The topological polar surface area (TPSA) is 59.3 Å². The molecule has 3 heterocycles. The fourth-order valence-corrected chi connectivity index (χ4v) is 4.13. The fraction of sp³-hybridized carbons (Fsp3) is 0.174. The molecule has 1 aliphatic rings. The minimum atomic E-state index is -0.190. The zero-order valence-corrected chi connectivity index (χ0v) is 18.1. The number of hydrogen-bond donors (Lipinski definition) is 0. The monoisotopic (exact) mass is 430 g/mol. The van der Waals surface area contributed by atoms with E-state index in [1.165, 1.54) is 0 Å². The second-order valence-corrected chi connectivity index (χ2v) is 7.88. The smallest absolute Gasteiger partial charge is 0.204 e. The predicted molar refractivity (Wildman–Crippen MR) is 125 cm³/mol. The maximum atomic E-state index is 6.09. The minimum Gasteiger partial charge on any atom is -0.487 e. The highest BCUT2D eigenvalue weighted by Gasteiger charge is 2.36. The van der Waals surface area contributed by atoms with E-state index < -0.39 is 0 Å². The van der Waals surface area contributed by atoms with Gasteiger partial charge in [0.05, 0.1) is 6.20 Å². The lowest BCUT2D eigenvalue weighted by Gasteiger charge is -2.32. The van der Waals surface area contributed by atoms with Crippen LogP contribution in [-0.4, -0.2) is 33.1 Å². The van der Waals surface area contributed by atoms with Crippen molar-refractivity contribution in [3.63, 3.8) is 0 Å². The molecule has 1 fully saturated rings. The molecule has 4 aromatic rings. The molecule has 0 bridgehead atoms. The molecule has 5 rings (SSSR count). The zero-order chi connectivity index (χ0) is 21.0. The van der Waals surface area contributed by atoms with Gasteiger partial charge in [0.15, 0.2) is 0 Å². The molecule has 0 saturated carbocycles. The molecule has 156 valence electrons. The molecule has 0 amide bonds. The summed E-state index contributed by atoms with van der Waals surface area (Å²) in [5, 5.41) is 9.68. The lowest BCUT2D eigenvalue weighted by atomic mass is 10.3. The van der Waals surface area contributed by atoms with Crippen LogP contribution in [0.2, 0.25) is 0 Å². The lowest BCUT2D eigenvalue weighted by Crippen LogP contribution is -2.38. The highest BCUT2D eigenvalue weighted by atomic mass is 31.0. The molecule has 0 radical (unpaired) electrons. The number of pyridine rings is 1. The van der Waals surface area contributed by atoms with E-state index in [1.54, 1.807) is 6.20 Å². The molecule has 2 unspecified atom stereocenters. The highest BCUT2D eigenvalue weighted by molar-refractivity contribution is 7.27. The van der Waals surface area contributed by atoms with Gasteiger partial charge in [-0.25, -0.2) is 9.67 Å². The molecule has 2 atom stereocenters. The van der Waals surface area contributed by atoms with E-state index in [9.17, 15) is 0 Å². The van der Waals surface area contributed by atoms with Crippen molar-refractivity contribution in [1.29, 1.82) is 0 Å². The minimum absolute atomic E-state index is 0.190. The maximum absolute atomic E-state index is 6.09. The summed E-state index contributed by atoms with van der Waals surface area (Å²) in [5.41, 5.74) is 2.02. The van der Waals surface area contributed by atoms with Gasteiger partial charge < -0.3 is 14.5 Å². The zero-order valence-electron chi connectivity index (χ0n) is 17.0. The summed E-state index contributed by atoms with van der Waals surface area (Å²) in [6.07, 6.45) is 3.40. The number of nitrogens with zero attached hydrogens (tertiary/aromatic N) is 6. The summed E-state index contributed by atoms with van der Waals surface area (Å²) >= 11 is 0. The number of anilines is 2. The molecule has 1 aliphatic heterocycles. The van der Waals surface area contributed by atoms with E-state index in [2.05, 4.69) is 58.6 Å². The number of benzene rings is 2. The third kappa shape index (κ3) is 3.97. The van der Waals surface area contributed by atoms with Crippen LogP contribution in [0, 0.1) is 0 Å². The van der Waals surface area contributed by atoms with Crippen molar-refractivity contribution in [1.82, 2.24) is 20.0 Å². The van der Waals surface area contributed by atoms with Crippen LogP contribution < -0.4 is 19.8 Å². The van der Waals surface area contributed by atoms with Gasteiger partial charge in [0, 0.05) is 30.3 Å². The largest absolute Gasteiger partial charge is 0.487 e. The van der Waals surface area contributed by atoms with Crippen LogP contribution in [-0.2, 0) is 6.61 Å². The van der Waals surface area contributed by atoms with Gasteiger partial charge in [-0.2, -0.15) is 0 Å². The predicted octanol–water partition coefficient (Wildman–Crippen LogP) is 3.24. The van der Waals surface area contributed by atoms with Crippen molar-refractivity contribution < 1.29 is 4.74 Å². The summed E-state index contributed by atoms with van der Waals surface area (Å²) in [7, 11) is 2.71. The van der Waals surface area contributed by atoms with E-state index in [4.69, 9.17) is 4.74 Å². The lowest BCUT2D eigenvalue weighted by molar-refractivity contribution is 0.286. The number of ether oxygens (including phenoxy) is 1. The summed E-state index contributed by atoms with van der Waals surface area (Å²) < 4.78 is 8.02. The van der Waals surface area contributed by atoms with Crippen molar-refractivity contribution in [3.05, 3.63) is 90.9 Å². The SMILES string of the molecule is Pc1ccccc1OCc1cnnn1C1N(c2ccccc2)CCN1c1ccccn1. The van der Waals surface area contributed by atoms with Crippen molar-refractivity contribution in [2.45, 2.75) is 12.9 Å². The first-order valence-corrected chi connectivity index (χ1v) is 10.7. The Labute approximate surface area is 183 Å². The van der Waals surface area contributed by atoms with Gasteiger partial charge in [0.2, 0.25) is 6.29 Å². The Hall–Kier alpha value is -3.44. The van der Waals surface area contributed by atoms with Gasteiger partial charge in [-0.3, -0.25) is 0 Å². The molecule has 1 saturated heterocycles. The van der Waals surface area contributed by atoms with Gasteiger partial charge in [-0.1, -0.05) is 47.7 Å². The van der Waals surface area contributed by atoms with Crippen molar-refractivity contribution >= 4 is 26.0 Å². The number of aromatic nitrogens is 4. The first-order chi connectivity index (χ1) is 15.3. The van der Waals surface area contributed by atoms with Gasteiger partial charge in [0.25, 0.3) is 0 Å². The molecule has 0 aliphatic carbocycles. The number of para-hydroxylation sites is 2. The second kappa shape index (κ2) is 8.74. The third-order valence-corrected chi connectivity index (χ3v) is 5.81. The van der Waals surface area contributed by atoms with Crippen LogP contribution in [0.4, 0.5) is 11.5 Å². The Morgan fingerprint density at radius 1 is 0.903 bits per heavy atom. The average molecular weight is 430 g/mol. The normalized spacial score (nSPS) is 16.0. The highest BCUT2D eigenvalue weighted by Crippen LogP contribution is 2.33. The second-order valence-electron chi connectivity index (χ2n) is 7.25. The Morgan fingerprint density at radius 2 is 1.68 bits per heavy atom. The van der Waals surface area contributed by atoms with E-state index in [0.29, 0.717) is 6.61 Å². The standard InChI is InChI=1S/C23H23N6OP/c31-21-11-5-4-10-20(21)30-17-19-16-25-26-29(19)23-27(18-8-2-1-3-9-18)14-15-28(23)22-12-6-7-13-24-22/h1-13,16,23H,14-15,17,31H2. The molecule has 8 heteroatoms. The fourth-order valence-electron chi connectivity index (χ4n) is 3.84. The first kappa shape index (κ1) is 19.5. The Balaban J connectivity index is 1.49. The summed E-state index contributed by atoms with van der Waals surface area (Å²) in [6, 6.07) is 24.3. The molecular formula is C23H23N6OP. The Morgan fingerprint density at radius 3 is 2.48 bits per heavy atom. The van der Waals surface area contributed by atoms with E-state index in [0.717, 1.165) is 41.3 Å². The van der Waals surface area contributed by atoms with E-state index in [-0.39, 0.29) is 6.29 Å². The quantitative estimate of drug-likeness (QED) is 0.438. The molecule has 7 nitrogen and oxygen atoms in total. The summed E-state index contributed by atoms with van der Waals surface area (Å²) in [4.78, 5) is 9.15. The van der Waals surface area contributed by atoms with Crippen molar-refractivity contribution in [2.24, 2.45) is 0 Å². The van der Waals surface area contributed by atoms with Crippen LogP contribution in [0.5, 0.6) is 5.75 Å². The Kier molecular flexibility index (Phi) is 5.50. The average Bonchev–Trinajstić information content (AvgIpc) is 3.46. The van der Waals surface area contributed by atoms with Crippen LogP contribution >= 0.6 is 9.24 Å². The molecule has 0 spiro atoms. The van der Waals surface area contributed by atoms with Crippen molar-refractivity contribution in [2.75, 3.05) is 22.9 Å². The van der Waals surface area contributed by atoms with Gasteiger partial charge >= 0.3 is 0 Å². The number of rotatable bonds is 6. The Bertz CT molecular complexity index is 1090. The van der Waals surface area contributed by atoms with Gasteiger partial charge in [0.1, 0.15) is 23.9 Å². The van der Waals surface area contributed by atoms with Crippen LogP contribution in [0.3, 0.4) is 0 Å². The van der Waals surface area contributed by atoms with E-state index in [1.807, 2.05) is 59.4 Å². The first-order valence-electron chi connectivity index (χ1n) is 10.2. The molecule has 31 heavy (non-hydrogen) atoms. The third-order valence-electron chi connectivity index (χ3n) is 5.33. The van der Waals surface area contributed by atoms with Crippen molar-refractivity contribution in [3.8, 4) is 5.75 Å². The van der Waals surface area contributed by atoms with Gasteiger partial charge in [-0.05, 0) is 30.3 Å². The molecule has 2 aromatic carbocycles. The molecule has 0 N–H and O–H groups in total. The number of hydrogen-bond acceptors (Lipinski definition) is 6. The van der Waals surface area contributed by atoms with Crippen LogP contribution in [0.15, 0.2) is 85.2 Å². The van der Waals surface area contributed by atoms with E-state index >= 15 is 0 Å². The molecule has 2 aromatic heterocycles. The summed E-state index contributed by atoms with van der Waals surface area (Å²) in [6.45, 7) is 2.04.